The Labute approximate surface area is 186 Å². The van der Waals surface area contributed by atoms with Gasteiger partial charge in [-0.2, -0.15) is 0 Å². The lowest BCUT2D eigenvalue weighted by molar-refractivity contribution is 0.0789. The molecule has 0 unspecified atom stereocenters. The maximum Gasteiger partial charge on any atom is 0.256 e. The number of anilines is 1. The van der Waals surface area contributed by atoms with Crippen molar-refractivity contribution in [2.24, 2.45) is 0 Å². The van der Waals surface area contributed by atoms with Gasteiger partial charge in [0.25, 0.3) is 5.91 Å². The molecule has 0 aliphatic carbocycles. The molecule has 2 N–H and O–H groups in total. The fourth-order valence-corrected chi connectivity index (χ4v) is 3.83. The van der Waals surface area contributed by atoms with Crippen LogP contribution in [0.3, 0.4) is 0 Å². The number of ketones is 1. The lowest BCUT2D eigenvalue weighted by atomic mass is 9.97. The van der Waals surface area contributed by atoms with Crippen molar-refractivity contribution in [2.45, 2.75) is 6.54 Å². The monoisotopic (exact) mass is 429 g/mol. The van der Waals surface area contributed by atoms with Crippen molar-refractivity contribution in [3.8, 4) is 22.6 Å². The molecule has 0 bridgehead atoms. The summed E-state index contributed by atoms with van der Waals surface area (Å²) in [5, 5.41) is 0. The van der Waals surface area contributed by atoms with E-state index in [9.17, 15) is 9.59 Å². The summed E-state index contributed by atoms with van der Waals surface area (Å²) < 4.78 is 10.4. The second-order valence-electron chi connectivity index (χ2n) is 7.49. The third-order valence-corrected chi connectivity index (χ3v) is 5.51. The topological polar surface area (TPSA) is 94.8 Å². The number of nitrogens with two attached hydrogens (primary N) is 1. The first kappa shape index (κ1) is 21.1. The summed E-state index contributed by atoms with van der Waals surface area (Å²) in [4.78, 5) is 31.7. The van der Waals surface area contributed by atoms with Crippen LogP contribution in [0.2, 0.25) is 0 Å². The second kappa shape index (κ2) is 8.55. The number of amides is 1. The van der Waals surface area contributed by atoms with Gasteiger partial charge in [-0.25, -0.2) is 0 Å². The molecule has 162 valence electrons. The second-order valence-corrected chi connectivity index (χ2v) is 7.49. The van der Waals surface area contributed by atoms with E-state index in [1.807, 2.05) is 12.1 Å². The van der Waals surface area contributed by atoms with Crippen molar-refractivity contribution in [3.63, 3.8) is 0 Å². The first-order valence-corrected chi connectivity index (χ1v) is 9.99. The number of nitrogens with zero attached hydrogens (tertiary/aromatic N) is 2. The maximum absolute atomic E-state index is 13.1. The van der Waals surface area contributed by atoms with E-state index in [2.05, 4.69) is 11.6 Å². The van der Waals surface area contributed by atoms with Crippen LogP contribution in [0.5, 0.6) is 11.5 Å². The van der Waals surface area contributed by atoms with Gasteiger partial charge in [-0.15, -0.1) is 0 Å². The largest absolute Gasteiger partial charge is 0.497 e. The van der Waals surface area contributed by atoms with Crippen LogP contribution in [0.15, 0.2) is 67.0 Å². The Morgan fingerprint density at radius 3 is 2.50 bits per heavy atom. The predicted molar refractivity (Wildman–Crippen MR) is 122 cm³/mol. The van der Waals surface area contributed by atoms with E-state index in [1.165, 1.54) is 0 Å². The first-order valence-electron chi connectivity index (χ1n) is 9.99. The lowest BCUT2D eigenvalue weighted by Gasteiger charge is -2.17. The Bertz CT molecular complexity index is 1220. The molecule has 0 radical (unpaired) electrons. The number of hydrogen-bond donors (Lipinski definition) is 1. The minimum atomic E-state index is -0.223. The van der Waals surface area contributed by atoms with Gasteiger partial charge in [0.05, 0.1) is 26.0 Å². The van der Waals surface area contributed by atoms with Gasteiger partial charge >= 0.3 is 0 Å². The summed E-state index contributed by atoms with van der Waals surface area (Å²) in [7, 11) is 3.14. The maximum atomic E-state index is 13.1. The van der Waals surface area contributed by atoms with Crippen molar-refractivity contribution in [2.75, 3.05) is 26.5 Å². The van der Waals surface area contributed by atoms with Crippen molar-refractivity contribution in [3.05, 3.63) is 83.7 Å². The molecule has 1 aromatic heterocycles. The molecule has 0 saturated heterocycles. The Kier molecular flexibility index (Phi) is 5.64. The number of ether oxygens (including phenoxy) is 2. The molecule has 0 atom stereocenters. The van der Waals surface area contributed by atoms with Crippen molar-refractivity contribution >= 4 is 17.4 Å². The molecule has 0 spiro atoms. The SMILES string of the molecule is C=C(CN1Cc2c(-c3cncc(OC)c3)ccc(N)c2C1=O)C(=O)c1ccc(OC)cc1. The molecule has 0 fully saturated rings. The van der Waals surface area contributed by atoms with Crippen LogP contribution in [-0.2, 0) is 6.54 Å². The van der Waals surface area contributed by atoms with Gasteiger partial charge in [0, 0.05) is 41.7 Å². The molecule has 7 heteroatoms. The summed E-state index contributed by atoms with van der Waals surface area (Å²) in [6, 6.07) is 12.2. The number of rotatable bonds is 7. The molecule has 1 amide bonds. The number of Topliss-reactive ketones (excluding diaryl/α,β-unsaturated/α-hetero) is 1. The standard InChI is InChI=1S/C25H23N3O4/c1-15(24(29)16-4-6-18(31-2)7-5-16)13-28-14-21-20(8-9-22(26)23(21)25(28)30)17-10-19(32-3)12-27-11-17/h4-12H,1,13-14,26H2,2-3H3. The van der Waals surface area contributed by atoms with E-state index in [1.54, 1.807) is 61.8 Å². The lowest BCUT2D eigenvalue weighted by Crippen LogP contribution is -2.28. The highest BCUT2D eigenvalue weighted by molar-refractivity contribution is 6.10. The van der Waals surface area contributed by atoms with Crippen molar-refractivity contribution in [1.82, 2.24) is 9.88 Å². The van der Waals surface area contributed by atoms with E-state index in [-0.39, 0.29) is 18.2 Å². The van der Waals surface area contributed by atoms with Crippen LogP contribution in [0.4, 0.5) is 5.69 Å². The zero-order chi connectivity index (χ0) is 22.8. The average Bonchev–Trinajstić information content (AvgIpc) is 3.15. The number of pyridine rings is 1. The van der Waals surface area contributed by atoms with Gasteiger partial charge in [-0.05, 0) is 47.5 Å². The molecular formula is C25H23N3O4. The van der Waals surface area contributed by atoms with Gasteiger partial charge in [0.1, 0.15) is 11.5 Å². The van der Waals surface area contributed by atoms with E-state index in [0.29, 0.717) is 40.4 Å². The van der Waals surface area contributed by atoms with Gasteiger partial charge in [-0.1, -0.05) is 12.6 Å². The number of fused-ring (bicyclic) bond motifs is 1. The van der Waals surface area contributed by atoms with Crippen LogP contribution in [-0.4, -0.2) is 42.3 Å². The van der Waals surface area contributed by atoms with E-state index < -0.39 is 0 Å². The molecule has 0 saturated carbocycles. The molecule has 4 rings (SSSR count). The Morgan fingerprint density at radius 2 is 1.81 bits per heavy atom. The molecule has 2 aromatic carbocycles. The number of methoxy groups -OCH3 is 2. The fourth-order valence-electron chi connectivity index (χ4n) is 3.83. The Morgan fingerprint density at radius 1 is 1.09 bits per heavy atom. The number of benzene rings is 2. The average molecular weight is 429 g/mol. The highest BCUT2D eigenvalue weighted by Crippen LogP contribution is 2.37. The molecule has 3 aromatic rings. The zero-order valence-corrected chi connectivity index (χ0v) is 17.9. The fraction of sp³-hybridized carbons (Fsp3) is 0.160. The van der Waals surface area contributed by atoms with Crippen molar-refractivity contribution < 1.29 is 19.1 Å². The van der Waals surface area contributed by atoms with Gasteiger partial charge in [0.15, 0.2) is 5.78 Å². The van der Waals surface area contributed by atoms with Crippen LogP contribution in [0.25, 0.3) is 11.1 Å². The summed E-state index contributed by atoms with van der Waals surface area (Å²) in [5.41, 5.74) is 10.3. The third-order valence-electron chi connectivity index (χ3n) is 5.51. The number of aromatic nitrogens is 1. The molecule has 32 heavy (non-hydrogen) atoms. The highest BCUT2D eigenvalue weighted by Gasteiger charge is 2.33. The predicted octanol–water partition coefficient (Wildman–Crippen LogP) is 3.74. The van der Waals surface area contributed by atoms with Crippen LogP contribution < -0.4 is 15.2 Å². The number of carbonyl (C=O) groups is 2. The van der Waals surface area contributed by atoms with Crippen LogP contribution in [0, 0.1) is 0 Å². The summed E-state index contributed by atoms with van der Waals surface area (Å²) >= 11 is 0. The minimum absolute atomic E-state index is 0.105. The number of carbonyl (C=O) groups excluding carboxylic acids is 2. The Balaban J connectivity index is 1.59. The Hall–Kier alpha value is -4.13. The van der Waals surface area contributed by atoms with E-state index in [4.69, 9.17) is 15.2 Å². The molecule has 7 nitrogen and oxygen atoms in total. The molecule has 1 aliphatic rings. The molecule has 1 aliphatic heterocycles. The summed E-state index contributed by atoms with van der Waals surface area (Å²) in [6.07, 6.45) is 3.33. The van der Waals surface area contributed by atoms with E-state index >= 15 is 0 Å². The van der Waals surface area contributed by atoms with Crippen LogP contribution >= 0.6 is 0 Å². The smallest absolute Gasteiger partial charge is 0.256 e. The normalized spacial score (nSPS) is 12.4. The quantitative estimate of drug-likeness (QED) is 0.349. The van der Waals surface area contributed by atoms with Gasteiger partial charge in [-0.3, -0.25) is 14.6 Å². The van der Waals surface area contributed by atoms with Gasteiger partial charge < -0.3 is 20.1 Å². The minimum Gasteiger partial charge on any atom is -0.497 e. The van der Waals surface area contributed by atoms with Gasteiger partial charge in [0.2, 0.25) is 0 Å². The summed E-state index contributed by atoms with van der Waals surface area (Å²) in [6.45, 7) is 4.35. The molecular weight excluding hydrogens is 406 g/mol. The summed E-state index contributed by atoms with van der Waals surface area (Å²) in [5.74, 6) is 0.834. The first-order chi connectivity index (χ1) is 15.4. The number of nitrogen functional groups attached to an aromatic ring is 1. The van der Waals surface area contributed by atoms with Crippen LogP contribution in [0.1, 0.15) is 26.3 Å². The highest BCUT2D eigenvalue weighted by atomic mass is 16.5. The van der Waals surface area contributed by atoms with E-state index in [0.717, 1.165) is 16.7 Å². The number of hydrogen-bond acceptors (Lipinski definition) is 6. The molecule has 2 heterocycles. The zero-order valence-electron chi connectivity index (χ0n) is 17.9. The van der Waals surface area contributed by atoms with Crippen molar-refractivity contribution in [1.29, 1.82) is 0 Å². The third kappa shape index (κ3) is 3.80.